The molecule has 1 aromatic heterocycles. The average molecular weight is 340 g/mol. The molecule has 0 fully saturated rings. The molecule has 5 heteroatoms. The zero-order chi connectivity index (χ0) is 18.0. The molecule has 0 radical (unpaired) electrons. The maximum absolute atomic E-state index is 12.0. The highest BCUT2D eigenvalue weighted by Crippen LogP contribution is 2.24. The summed E-state index contributed by atoms with van der Waals surface area (Å²) in [7, 11) is 3.76. The van der Waals surface area contributed by atoms with Crippen molar-refractivity contribution in [3.8, 4) is 5.75 Å². The second kappa shape index (κ2) is 7.15. The highest BCUT2D eigenvalue weighted by atomic mass is 16.5. The molecule has 0 saturated carbocycles. The third kappa shape index (κ3) is 3.61. The normalized spacial score (nSPS) is 11.4. The molecule has 0 atom stereocenters. The molecule has 25 heavy (non-hydrogen) atoms. The minimum absolute atomic E-state index is 0.300. The van der Waals surface area contributed by atoms with Crippen molar-refractivity contribution >= 4 is 11.1 Å². The Morgan fingerprint density at radius 3 is 2.52 bits per heavy atom. The fraction of sp³-hybridized carbons (Fsp3) is 0.350. The largest absolute Gasteiger partial charge is 0.496 e. The number of oxazole rings is 1. The molecule has 2 aromatic carbocycles. The number of methoxy groups -OCH3 is 1. The van der Waals surface area contributed by atoms with Gasteiger partial charge in [0.15, 0.2) is 5.58 Å². The van der Waals surface area contributed by atoms with E-state index in [1.54, 1.807) is 11.7 Å². The van der Waals surface area contributed by atoms with Gasteiger partial charge in [0.05, 0.1) is 12.6 Å². The smallest absolute Gasteiger partial charge is 0.419 e. The van der Waals surface area contributed by atoms with Gasteiger partial charge in [-0.2, -0.15) is 0 Å². The maximum Gasteiger partial charge on any atom is 0.419 e. The number of benzene rings is 2. The summed E-state index contributed by atoms with van der Waals surface area (Å²) in [5, 5.41) is 0. The summed E-state index contributed by atoms with van der Waals surface area (Å²) < 4.78 is 12.4. The van der Waals surface area contributed by atoms with E-state index in [0.717, 1.165) is 35.5 Å². The number of para-hydroxylation sites is 2. The van der Waals surface area contributed by atoms with Gasteiger partial charge in [-0.25, -0.2) is 4.79 Å². The van der Waals surface area contributed by atoms with Crippen LogP contribution in [0.15, 0.2) is 45.6 Å². The van der Waals surface area contributed by atoms with Crippen LogP contribution in [0.5, 0.6) is 5.75 Å². The Bertz CT molecular complexity index is 917. The van der Waals surface area contributed by atoms with Crippen LogP contribution in [-0.4, -0.2) is 30.2 Å². The third-order valence-electron chi connectivity index (χ3n) is 4.46. The lowest BCUT2D eigenvalue weighted by Crippen LogP contribution is -2.26. The van der Waals surface area contributed by atoms with Gasteiger partial charge in [0.2, 0.25) is 0 Å². The molecule has 5 nitrogen and oxygen atoms in total. The number of ether oxygens (including phenoxy) is 1. The Morgan fingerprint density at radius 1 is 1.16 bits per heavy atom. The summed E-state index contributed by atoms with van der Waals surface area (Å²) >= 11 is 0. The van der Waals surface area contributed by atoms with Crippen LogP contribution in [0.3, 0.4) is 0 Å². The van der Waals surface area contributed by atoms with E-state index >= 15 is 0 Å². The average Bonchev–Trinajstić information content (AvgIpc) is 2.88. The van der Waals surface area contributed by atoms with Crippen molar-refractivity contribution in [2.45, 2.75) is 26.9 Å². The van der Waals surface area contributed by atoms with E-state index in [0.29, 0.717) is 12.1 Å². The van der Waals surface area contributed by atoms with Crippen molar-refractivity contribution in [2.24, 2.45) is 0 Å². The van der Waals surface area contributed by atoms with E-state index in [4.69, 9.17) is 9.15 Å². The zero-order valence-electron chi connectivity index (χ0n) is 15.2. The van der Waals surface area contributed by atoms with Gasteiger partial charge in [-0.3, -0.25) is 4.57 Å². The van der Waals surface area contributed by atoms with Gasteiger partial charge in [0, 0.05) is 19.6 Å². The predicted octanol–water partition coefficient (Wildman–Crippen LogP) is 3.35. The summed E-state index contributed by atoms with van der Waals surface area (Å²) in [5.41, 5.74) is 5.00. The van der Waals surface area contributed by atoms with Gasteiger partial charge in [0.1, 0.15) is 5.75 Å². The molecule has 3 rings (SSSR count). The summed E-state index contributed by atoms with van der Waals surface area (Å²) in [6, 6.07) is 11.8. The SMILES string of the molecule is COc1c(C)cc(CN(C)CCn2c(=O)oc3ccccc32)cc1C. The number of rotatable bonds is 6. The first kappa shape index (κ1) is 17.3. The fourth-order valence-corrected chi connectivity index (χ4v) is 3.34. The molecule has 0 saturated heterocycles. The van der Waals surface area contributed by atoms with E-state index in [1.165, 1.54) is 5.56 Å². The number of fused-ring (bicyclic) bond motifs is 1. The summed E-state index contributed by atoms with van der Waals surface area (Å²) in [6.45, 7) is 6.29. The molecule has 0 aliphatic heterocycles. The Morgan fingerprint density at radius 2 is 1.84 bits per heavy atom. The minimum atomic E-state index is -0.300. The Kier molecular flexibility index (Phi) is 4.95. The quantitative estimate of drug-likeness (QED) is 0.690. The first-order valence-electron chi connectivity index (χ1n) is 8.40. The molecule has 0 amide bonds. The van der Waals surface area contributed by atoms with E-state index in [-0.39, 0.29) is 5.76 Å². The zero-order valence-corrected chi connectivity index (χ0v) is 15.2. The standard InChI is InChI=1S/C20H24N2O3/c1-14-11-16(12-15(2)19(14)24-4)13-21(3)9-10-22-17-7-5-6-8-18(17)25-20(22)23/h5-8,11-12H,9-10,13H2,1-4H3. The van der Waals surface area contributed by atoms with Crippen LogP contribution in [0.4, 0.5) is 0 Å². The lowest BCUT2D eigenvalue weighted by molar-refractivity contribution is 0.307. The molecule has 0 aliphatic rings. The highest BCUT2D eigenvalue weighted by Gasteiger charge is 2.11. The fourth-order valence-electron chi connectivity index (χ4n) is 3.34. The van der Waals surface area contributed by atoms with Crippen molar-refractivity contribution < 1.29 is 9.15 Å². The van der Waals surface area contributed by atoms with Crippen LogP contribution in [0.1, 0.15) is 16.7 Å². The minimum Gasteiger partial charge on any atom is -0.496 e. The second-order valence-corrected chi connectivity index (χ2v) is 6.49. The summed E-state index contributed by atoms with van der Waals surface area (Å²) in [4.78, 5) is 14.2. The Labute approximate surface area is 147 Å². The van der Waals surface area contributed by atoms with Crippen molar-refractivity contribution in [1.29, 1.82) is 0 Å². The molecular weight excluding hydrogens is 316 g/mol. The Balaban J connectivity index is 1.70. The number of aryl methyl sites for hydroxylation is 2. The van der Waals surface area contributed by atoms with Crippen molar-refractivity contribution in [3.05, 3.63) is 63.6 Å². The lowest BCUT2D eigenvalue weighted by Gasteiger charge is -2.18. The number of nitrogens with zero attached hydrogens (tertiary/aromatic N) is 2. The molecule has 0 spiro atoms. The summed E-state index contributed by atoms with van der Waals surface area (Å²) in [5.74, 6) is 0.647. The summed E-state index contributed by atoms with van der Waals surface area (Å²) in [6.07, 6.45) is 0. The number of aromatic nitrogens is 1. The van der Waals surface area contributed by atoms with E-state index in [1.807, 2.05) is 24.3 Å². The molecule has 0 bridgehead atoms. The van der Waals surface area contributed by atoms with Crippen molar-refractivity contribution in [3.63, 3.8) is 0 Å². The lowest BCUT2D eigenvalue weighted by atomic mass is 10.1. The second-order valence-electron chi connectivity index (χ2n) is 6.49. The van der Waals surface area contributed by atoms with Gasteiger partial charge in [-0.1, -0.05) is 24.3 Å². The number of hydrogen-bond donors (Lipinski definition) is 0. The third-order valence-corrected chi connectivity index (χ3v) is 4.46. The highest BCUT2D eigenvalue weighted by molar-refractivity contribution is 5.72. The first-order chi connectivity index (χ1) is 12.0. The van der Waals surface area contributed by atoms with Gasteiger partial charge >= 0.3 is 5.76 Å². The molecule has 0 aliphatic carbocycles. The van der Waals surface area contributed by atoms with Gasteiger partial charge in [-0.05, 0) is 49.7 Å². The van der Waals surface area contributed by atoms with Gasteiger partial charge in [-0.15, -0.1) is 0 Å². The monoisotopic (exact) mass is 340 g/mol. The van der Waals surface area contributed by atoms with Gasteiger partial charge in [0.25, 0.3) is 0 Å². The molecule has 1 heterocycles. The molecule has 0 unspecified atom stereocenters. The Hall–Kier alpha value is -2.53. The molecular formula is C20H24N2O3. The van der Waals surface area contributed by atoms with Crippen LogP contribution in [-0.2, 0) is 13.1 Å². The molecule has 0 N–H and O–H groups in total. The molecule has 3 aromatic rings. The number of likely N-dealkylation sites (N-methyl/N-ethyl adjacent to an activating group) is 1. The van der Waals surface area contributed by atoms with Crippen LogP contribution in [0, 0.1) is 13.8 Å². The molecule has 132 valence electrons. The predicted molar refractivity (Wildman–Crippen MR) is 99.3 cm³/mol. The van der Waals surface area contributed by atoms with Gasteiger partial charge < -0.3 is 14.1 Å². The van der Waals surface area contributed by atoms with Crippen molar-refractivity contribution in [1.82, 2.24) is 9.47 Å². The van der Waals surface area contributed by atoms with Crippen molar-refractivity contribution in [2.75, 3.05) is 20.7 Å². The van der Waals surface area contributed by atoms with Crippen LogP contribution < -0.4 is 10.5 Å². The van der Waals surface area contributed by atoms with E-state index < -0.39 is 0 Å². The van der Waals surface area contributed by atoms with Crippen LogP contribution in [0.25, 0.3) is 11.1 Å². The first-order valence-corrected chi connectivity index (χ1v) is 8.40. The van der Waals surface area contributed by atoms with E-state index in [9.17, 15) is 4.79 Å². The topological polar surface area (TPSA) is 47.6 Å². The van der Waals surface area contributed by atoms with Crippen LogP contribution in [0.2, 0.25) is 0 Å². The number of hydrogen-bond acceptors (Lipinski definition) is 4. The van der Waals surface area contributed by atoms with E-state index in [2.05, 4.69) is 37.9 Å². The van der Waals surface area contributed by atoms with Crippen LogP contribution >= 0.6 is 0 Å². The maximum atomic E-state index is 12.0.